The lowest BCUT2D eigenvalue weighted by atomic mass is 9.74. The zero-order chi connectivity index (χ0) is 13.3. The summed E-state index contributed by atoms with van der Waals surface area (Å²) in [7, 11) is 0. The lowest BCUT2D eigenvalue weighted by Gasteiger charge is -2.37. The SMILES string of the molecule is CC1OC(=O)OC(=O)C1(C)C(=O)C1CCOOC1. The number of hydrogen-bond acceptors (Lipinski definition) is 7. The average Bonchev–Trinajstić information content (AvgIpc) is 2.36. The van der Waals surface area contributed by atoms with Gasteiger partial charge in [0, 0.05) is 5.92 Å². The molecular weight excluding hydrogens is 244 g/mol. The van der Waals surface area contributed by atoms with E-state index in [4.69, 9.17) is 9.62 Å². The number of rotatable bonds is 2. The lowest BCUT2D eigenvalue weighted by Crippen LogP contribution is -2.55. The minimum absolute atomic E-state index is 0.0857. The van der Waals surface area contributed by atoms with E-state index >= 15 is 0 Å². The Labute approximate surface area is 103 Å². The van der Waals surface area contributed by atoms with Gasteiger partial charge in [-0.3, -0.25) is 9.59 Å². The number of hydrogen-bond donors (Lipinski definition) is 0. The van der Waals surface area contributed by atoms with Crippen LogP contribution in [0.5, 0.6) is 0 Å². The third-order valence-corrected chi connectivity index (χ3v) is 3.47. The van der Waals surface area contributed by atoms with Crippen LogP contribution in [0.3, 0.4) is 0 Å². The molecule has 2 aliphatic heterocycles. The van der Waals surface area contributed by atoms with Gasteiger partial charge in [-0.1, -0.05) is 0 Å². The maximum absolute atomic E-state index is 12.4. The first-order valence-corrected chi connectivity index (χ1v) is 5.68. The van der Waals surface area contributed by atoms with Gasteiger partial charge in [0.15, 0.2) is 11.2 Å². The van der Waals surface area contributed by atoms with Gasteiger partial charge in [0.25, 0.3) is 0 Å². The molecule has 0 saturated carbocycles. The molecule has 7 nitrogen and oxygen atoms in total. The lowest BCUT2D eigenvalue weighted by molar-refractivity contribution is -0.321. The van der Waals surface area contributed by atoms with Gasteiger partial charge in [0.2, 0.25) is 0 Å². The van der Waals surface area contributed by atoms with Crippen LogP contribution in [0.4, 0.5) is 4.79 Å². The second-order valence-electron chi connectivity index (χ2n) is 4.56. The molecule has 0 aromatic rings. The molecule has 2 heterocycles. The highest BCUT2D eigenvalue weighted by atomic mass is 17.2. The fourth-order valence-electron chi connectivity index (χ4n) is 2.03. The van der Waals surface area contributed by atoms with Gasteiger partial charge in [0.05, 0.1) is 13.2 Å². The summed E-state index contributed by atoms with van der Waals surface area (Å²) in [6, 6.07) is 0. The predicted molar refractivity (Wildman–Crippen MR) is 55.2 cm³/mol. The number of ether oxygens (including phenoxy) is 2. The summed E-state index contributed by atoms with van der Waals surface area (Å²) in [4.78, 5) is 44.6. The molecule has 0 radical (unpaired) electrons. The number of ketones is 1. The zero-order valence-corrected chi connectivity index (χ0v) is 10.1. The maximum atomic E-state index is 12.4. The van der Waals surface area contributed by atoms with Crippen LogP contribution in [-0.4, -0.2) is 37.2 Å². The van der Waals surface area contributed by atoms with E-state index in [0.29, 0.717) is 6.42 Å². The highest BCUT2D eigenvalue weighted by molar-refractivity contribution is 6.08. The Hall–Kier alpha value is -1.47. The quantitative estimate of drug-likeness (QED) is 0.407. The molecule has 0 spiro atoms. The van der Waals surface area contributed by atoms with Gasteiger partial charge in [-0.2, -0.15) is 0 Å². The van der Waals surface area contributed by atoms with Crippen molar-refractivity contribution in [2.75, 3.05) is 13.2 Å². The van der Waals surface area contributed by atoms with Crippen molar-refractivity contribution in [3.63, 3.8) is 0 Å². The molecule has 0 amide bonds. The van der Waals surface area contributed by atoms with Gasteiger partial charge in [-0.25, -0.2) is 14.6 Å². The summed E-state index contributed by atoms with van der Waals surface area (Å²) in [6.07, 6.45) is -1.47. The van der Waals surface area contributed by atoms with Crippen LogP contribution in [0.1, 0.15) is 20.3 Å². The standard InChI is InChI=1S/C11H14O7/c1-6-11(2,9(13)18-10(14)17-6)8(12)7-3-4-15-16-5-7/h6-7H,3-5H2,1-2H3. The summed E-state index contributed by atoms with van der Waals surface area (Å²) in [5.41, 5.74) is -1.49. The molecule has 0 aliphatic carbocycles. The number of cyclic esters (lactones) is 3. The minimum atomic E-state index is -1.49. The highest BCUT2D eigenvalue weighted by Crippen LogP contribution is 2.35. The van der Waals surface area contributed by atoms with Gasteiger partial charge in [0.1, 0.15) is 6.10 Å². The van der Waals surface area contributed by atoms with Crippen LogP contribution in [0.25, 0.3) is 0 Å². The molecule has 0 aromatic heterocycles. The molecule has 2 aliphatic rings. The van der Waals surface area contributed by atoms with Gasteiger partial charge < -0.3 is 9.47 Å². The number of esters is 1. The molecule has 0 N–H and O–H groups in total. The van der Waals surface area contributed by atoms with E-state index in [2.05, 4.69) is 9.62 Å². The Balaban J connectivity index is 2.20. The van der Waals surface area contributed by atoms with E-state index in [0.717, 1.165) is 0 Å². The van der Waals surface area contributed by atoms with Crippen LogP contribution in [0.15, 0.2) is 0 Å². The van der Waals surface area contributed by atoms with Crippen molar-refractivity contribution in [2.24, 2.45) is 11.3 Å². The van der Waals surface area contributed by atoms with Gasteiger partial charge in [-0.05, 0) is 20.3 Å². The number of carbonyl (C=O) groups excluding carboxylic acids is 3. The number of Topliss-reactive ketones (excluding diaryl/α,β-unsaturated/α-hetero) is 1. The minimum Gasteiger partial charge on any atom is -0.429 e. The first-order chi connectivity index (χ1) is 8.46. The van der Waals surface area contributed by atoms with Gasteiger partial charge in [-0.15, -0.1) is 0 Å². The maximum Gasteiger partial charge on any atom is 0.516 e. The Morgan fingerprint density at radius 1 is 1.33 bits per heavy atom. The van der Waals surface area contributed by atoms with Crippen LogP contribution < -0.4 is 0 Å². The molecule has 100 valence electrons. The second kappa shape index (κ2) is 4.66. The predicted octanol–water partition coefficient (Wildman–Crippen LogP) is 0.612. The van der Waals surface area contributed by atoms with Crippen molar-refractivity contribution >= 4 is 17.9 Å². The smallest absolute Gasteiger partial charge is 0.429 e. The Kier molecular flexibility index (Phi) is 3.36. The largest absolute Gasteiger partial charge is 0.516 e. The van der Waals surface area contributed by atoms with E-state index in [-0.39, 0.29) is 19.0 Å². The van der Waals surface area contributed by atoms with Crippen molar-refractivity contribution in [1.29, 1.82) is 0 Å². The molecule has 0 aromatic carbocycles. The van der Waals surface area contributed by atoms with Crippen molar-refractivity contribution < 1.29 is 33.6 Å². The van der Waals surface area contributed by atoms with Crippen LogP contribution in [0.2, 0.25) is 0 Å². The molecule has 2 saturated heterocycles. The van der Waals surface area contributed by atoms with E-state index in [1.807, 2.05) is 0 Å². The normalized spacial score (nSPS) is 36.8. The Morgan fingerprint density at radius 2 is 2.06 bits per heavy atom. The summed E-state index contributed by atoms with van der Waals surface area (Å²) >= 11 is 0. The fraction of sp³-hybridized carbons (Fsp3) is 0.727. The van der Waals surface area contributed by atoms with Crippen molar-refractivity contribution in [3.05, 3.63) is 0 Å². The monoisotopic (exact) mass is 258 g/mol. The molecule has 2 fully saturated rings. The molecule has 7 heteroatoms. The summed E-state index contributed by atoms with van der Waals surface area (Å²) in [5.74, 6) is -1.69. The van der Waals surface area contributed by atoms with E-state index in [9.17, 15) is 14.4 Å². The van der Waals surface area contributed by atoms with Crippen molar-refractivity contribution in [2.45, 2.75) is 26.4 Å². The summed E-state index contributed by atoms with van der Waals surface area (Å²) in [5, 5.41) is 0. The topological polar surface area (TPSA) is 88.1 Å². The summed E-state index contributed by atoms with van der Waals surface area (Å²) < 4.78 is 9.20. The van der Waals surface area contributed by atoms with E-state index in [1.165, 1.54) is 13.8 Å². The first-order valence-electron chi connectivity index (χ1n) is 5.68. The Morgan fingerprint density at radius 3 is 2.61 bits per heavy atom. The molecule has 3 atom stereocenters. The average molecular weight is 258 g/mol. The van der Waals surface area contributed by atoms with E-state index < -0.39 is 29.6 Å². The van der Waals surface area contributed by atoms with E-state index in [1.54, 1.807) is 0 Å². The highest BCUT2D eigenvalue weighted by Gasteiger charge is 2.55. The second-order valence-corrected chi connectivity index (χ2v) is 4.56. The fourth-order valence-corrected chi connectivity index (χ4v) is 2.03. The van der Waals surface area contributed by atoms with Gasteiger partial charge >= 0.3 is 12.1 Å². The molecule has 3 unspecified atom stereocenters. The number of carbonyl (C=O) groups is 3. The zero-order valence-electron chi connectivity index (χ0n) is 10.1. The van der Waals surface area contributed by atoms with Crippen molar-refractivity contribution in [3.8, 4) is 0 Å². The third-order valence-electron chi connectivity index (χ3n) is 3.47. The van der Waals surface area contributed by atoms with Crippen LogP contribution >= 0.6 is 0 Å². The molecule has 0 bridgehead atoms. The van der Waals surface area contributed by atoms with Crippen molar-refractivity contribution in [1.82, 2.24) is 0 Å². The third kappa shape index (κ3) is 1.99. The molecule has 18 heavy (non-hydrogen) atoms. The van der Waals surface area contributed by atoms with Crippen LogP contribution in [0, 0.1) is 11.3 Å². The first kappa shape index (κ1) is 13.0. The Bertz CT molecular complexity index is 385. The summed E-state index contributed by atoms with van der Waals surface area (Å²) in [6.45, 7) is 3.29. The molecule has 2 rings (SSSR count). The molecular formula is C11H14O7. The van der Waals surface area contributed by atoms with Crippen LogP contribution in [-0.2, 0) is 28.8 Å².